The molecule has 1 atom stereocenters. The molecule has 0 aliphatic heterocycles. The monoisotopic (exact) mass is 286 g/mol. The lowest BCUT2D eigenvalue weighted by Crippen LogP contribution is -2.07. The molecule has 90 valence electrons. The third-order valence-corrected chi connectivity index (χ3v) is 4.21. The van der Waals surface area contributed by atoms with Crippen LogP contribution in [0.5, 0.6) is 0 Å². The summed E-state index contributed by atoms with van der Waals surface area (Å²) in [5, 5.41) is 4.04. The van der Waals surface area contributed by atoms with Gasteiger partial charge in [0.15, 0.2) is 0 Å². The van der Waals surface area contributed by atoms with Crippen molar-refractivity contribution in [3.05, 3.63) is 38.6 Å². The standard InChI is InChI=1S/C12H12Cl2N2S/c1-2-10(15)12-16-11(6-17-12)7-3-4-8(13)9(14)5-7/h3-6,10H,2,15H2,1H3. The molecule has 1 unspecified atom stereocenters. The molecule has 1 aromatic carbocycles. The average molecular weight is 287 g/mol. The Hall–Kier alpha value is -0.610. The average Bonchev–Trinajstić information content (AvgIpc) is 2.81. The first kappa shape index (κ1) is 12.8. The van der Waals surface area contributed by atoms with Crippen LogP contribution < -0.4 is 5.73 Å². The summed E-state index contributed by atoms with van der Waals surface area (Å²) < 4.78 is 0. The fourth-order valence-corrected chi connectivity index (χ4v) is 2.63. The summed E-state index contributed by atoms with van der Waals surface area (Å²) in [4.78, 5) is 4.51. The van der Waals surface area contributed by atoms with Crippen molar-refractivity contribution in [2.24, 2.45) is 5.73 Å². The summed E-state index contributed by atoms with van der Waals surface area (Å²) in [6.45, 7) is 2.05. The molecule has 17 heavy (non-hydrogen) atoms. The van der Waals surface area contributed by atoms with Crippen LogP contribution in [0.15, 0.2) is 23.6 Å². The van der Waals surface area contributed by atoms with Gasteiger partial charge in [0.1, 0.15) is 5.01 Å². The lowest BCUT2D eigenvalue weighted by Gasteiger charge is -2.03. The molecule has 2 N–H and O–H groups in total. The lowest BCUT2D eigenvalue weighted by atomic mass is 10.2. The SMILES string of the molecule is CCC(N)c1nc(-c2ccc(Cl)c(Cl)c2)cs1. The van der Waals surface area contributed by atoms with Crippen molar-refractivity contribution in [1.29, 1.82) is 0 Å². The number of benzene rings is 1. The van der Waals surface area contributed by atoms with Crippen molar-refractivity contribution in [2.75, 3.05) is 0 Å². The topological polar surface area (TPSA) is 38.9 Å². The number of nitrogens with zero attached hydrogens (tertiary/aromatic N) is 1. The molecule has 0 aliphatic carbocycles. The van der Waals surface area contributed by atoms with Crippen LogP contribution in [-0.2, 0) is 0 Å². The first-order valence-corrected chi connectivity index (χ1v) is 6.91. The molecule has 1 aromatic heterocycles. The summed E-state index contributed by atoms with van der Waals surface area (Å²) in [6.07, 6.45) is 0.883. The van der Waals surface area contributed by atoms with Gasteiger partial charge in [0.05, 0.1) is 21.8 Å². The zero-order valence-corrected chi connectivity index (χ0v) is 11.6. The first-order valence-electron chi connectivity index (χ1n) is 5.28. The van der Waals surface area contributed by atoms with Crippen molar-refractivity contribution in [3.8, 4) is 11.3 Å². The summed E-state index contributed by atoms with van der Waals surface area (Å²) in [6, 6.07) is 5.51. The van der Waals surface area contributed by atoms with E-state index in [-0.39, 0.29) is 6.04 Å². The Bertz CT molecular complexity index is 525. The number of hydrogen-bond donors (Lipinski definition) is 1. The fourth-order valence-electron chi connectivity index (χ4n) is 1.42. The first-order chi connectivity index (χ1) is 8.11. The lowest BCUT2D eigenvalue weighted by molar-refractivity contribution is 0.693. The maximum absolute atomic E-state index is 5.98. The minimum Gasteiger partial charge on any atom is -0.322 e. The summed E-state index contributed by atoms with van der Waals surface area (Å²) in [5.74, 6) is 0. The van der Waals surface area contributed by atoms with E-state index in [2.05, 4.69) is 4.98 Å². The van der Waals surface area contributed by atoms with Gasteiger partial charge in [-0.2, -0.15) is 0 Å². The Morgan fingerprint density at radius 1 is 1.35 bits per heavy atom. The number of halogens is 2. The highest BCUT2D eigenvalue weighted by atomic mass is 35.5. The molecule has 2 aromatic rings. The van der Waals surface area contributed by atoms with Crippen LogP contribution in [0.1, 0.15) is 24.4 Å². The summed E-state index contributed by atoms with van der Waals surface area (Å²) >= 11 is 13.4. The van der Waals surface area contributed by atoms with Crippen molar-refractivity contribution in [1.82, 2.24) is 4.98 Å². The molecule has 0 saturated heterocycles. The Balaban J connectivity index is 2.33. The van der Waals surface area contributed by atoms with E-state index in [1.165, 1.54) is 0 Å². The number of aromatic nitrogens is 1. The van der Waals surface area contributed by atoms with Crippen LogP contribution in [0.2, 0.25) is 10.0 Å². The fraction of sp³-hybridized carbons (Fsp3) is 0.250. The summed E-state index contributed by atoms with van der Waals surface area (Å²) in [7, 11) is 0. The number of thiazole rings is 1. The van der Waals surface area contributed by atoms with Crippen LogP contribution in [0.4, 0.5) is 0 Å². The van der Waals surface area contributed by atoms with Gasteiger partial charge >= 0.3 is 0 Å². The summed E-state index contributed by atoms with van der Waals surface area (Å²) in [5.41, 5.74) is 7.80. The van der Waals surface area contributed by atoms with Gasteiger partial charge in [0.25, 0.3) is 0 Å². The van der Waals surface area contributed by atoms with Crippen molar-refractivity contribution in [3.63, 3.8) is 0 Å². The van der Waals surface area contributed by atoms with E-state index >= 15 is 0 Å². The minimum absolute atomic E-state index is 0.0107. The molecule has 0 radical (unpaired) electrons. The van der Waals surface area contributed by atoms with Crippen LogP contribution in [0.25, 0.3) is 11.3 Å². The normalized spacial score (nSPS) is 12.7. The molecular formula is C12H12Cl2N2S. The Morgan fingerprint density at radius 2 is 2.12 bits per heavy atom. The van der Waals surface area contributed by atoms with Crippen LogP contribution in [0, 0.1) is 0 Å². The molecule has 0 bridgehead atoms. The molecule has 0 saturated carbocycles. The van der Waals surface area contributed by atoms with E-state index in [1.807, 2.05) is 24.4 Å². The third-order valence-electron chi connectivity index (χ3n) is 2.49. The highest BCUT2D eigenvalue weighted by Crippen LogP contribution is 2.30. The molecule has 5 heteroatoms. The van der Waals surface area contributed by atoms with Gasteiger partial charge in [0, 0.05) is 10.9 Å². The maximum atomic E-state index is 5.98. The van der Waals surface area contributed by atoms with Crippen LogP contribution >= 0.6 is 34.5 Å². The van der Waals surface area contributed by atoms with Crippen LogP contribution in [0.3, 0.4) is 0 Å². The van der Waals surface area contributed by atoms with E-state index < -0.39 is 0 Å². The number of rotatable bonds is 3. The Labute approximate surface area is 114 Å². The predicted octanol–water partition coefficient (Wildman–Crippen LogP) is 4.53. The molecular weight excluding hydrogens is 275 g/mol. The van der Waals surface area contributed by atoms with Crippen molar-refractivity contribution >= 4 is 34.5 Å². The highest BCUT2D eigenvalue weighted by molar-refractivity contribution is 7.10. The maximum Gasteiger partial charge on any atom is 0.110 e. The molecule has 0 fully saturated rings. The molecule has 2 nitrogen and oxygen atoms in total. The van der Waals surface area contributed by atoms with E-state index in [1.54, 1.807) is 17.4 Å². The minimum atomic E-state index is 0.0107. The van der Waals surface area contributed by atoms with Gasteiger partial charge in [0.2, 0.25) is 0 Å². The van der Waals surface area contributed by atoms with E-state index in [0.29, 0.717) is 10.0 Å². The zero-order chi connectivity index (χ0) is 12.4. The van der Waals surface area contributed by atoms with E-state index in [0.717, 1.165) is 22.7 Å². The number of nitrogens with two attached hydrogens (primary N) is 1. The van der Waals surface area contributed by atoms with Gasteiger partial charge in [-0.1, -0.05) is 36.2 Å². The van der Waals surface area contributed by atoms with Crippen molar-refractivity contribution < 1.29 is 0 Å². The van der Waals surface area contributed by atoms with Gasteiger partial charge in [-0.3, -0.25) is 0 Å². The van der Waals surface area contributed by atoms with Gasteiger partial charge in [-0.05, 0) is 18.6 Å². The van der Waals surface area contributed by atoms with Gasteiger partial charge in [-0.25, -0.2) is 4.98 Å². The molecule has 1 heterocycles. The highest BCUT2D eigenvalue weighted by Gasteiger charge is 2.10. The number of hydrogen-bond acceptors (Lipinski definition) is 3. The Kier molecular flexibility index (Phi) is 4.05. The van der Waals surface area contributed by atoms with Gasteiger partial charge < -0.3 is 5.73 Å². The second-order valence-electron chi connectivity index (χ2n) is 3.71. The quantitative estimate of drug-likeness (QED) is 0.901. The Morgan fingerprint density at radius 3 is 2.76 bits per heavy atom. The zero-order valence-electron chi connectivity index (χ0n) is 9.28. The molecule has 2 rings (SSSR count). The third kappa shape index (κ3) is 2.80. The van der Waals surface area contributed by atoms with Crippen LogP contribution in [-0.4, -0.2) is 4.98 Å². The molecule has 0 amide bonds. The second-order valence-corrected chi connectivity index (χ2v) is 5.42. The van der Waals surface area contributed by atoms with E-state index in [4.69, 9.17) is 28.9 Å². The smallest absolute Gasteiger partial charge is 0.110 e. The van der Waals surface area contributed by atoms with Gasteiger partial charge in [-0.15, -0.1) is 11.3 Å². The second kappa shape index (κ2) is 5.36. The molecule has 0 aliphatic rings. The van der Waals surface area contributed by atoms with Crippen molar-refractivity contribution in [2.45, 2.75) is 19.4 Å². The largest absolute Gasteiger partial charge is 0.322 e. The predicted molar refractivity (Wildman–Crippen MR) is 74.8 cm³/mol. The van der Waals surface area contributed by atoms with E-state index in [9.17, 15) is 0 Å². The molecule has 0 spiro atoms.